The van der Waals surface area contributed by atoms with E-state index in [9.17, 15) is 14.0 Å². The molecule has 0 atom stereocenters. The van der Waals surface area contributed by atoms with Crippen molar-refractivity contribution >= 4 is 22.7 Å². The van der Waals surface area contributed by atoms with Crippen molar-refractivity contribution in [2.45, 2.75) is 19.4 Å². The summed E-state index contributed by atoms with van der Waals surface area (Å²) in [6.07, 6.45) is 0. The maximum atomic E-state index is 14.0. The third-order valence-corrected chi connectivity index (χ3v) is 4.25. The molecule has 0 radical (unpaired) electrons. The molecule has 122 valence electrons. The lowest BCUT2D eigenvalue weighted by molar-refractivity contribution is -0.133. The lowest BCUT2D eigenvalue weighted by Crippen LogP contribution is -2.63. The molecule has 1 fully saturated rings. The topological polar surface area (TPSA) is 74.4 Å². The van der Waals surface area contributed by atoms with Crippen LogP contribution < -0.4 is 10.1 Å². The molecule has 1 aliphatic heterocycles. The van der Waals surface area contributed by atoms with E-state index < -0.39 is 11.4 Å². The van der Waals surface area contributed by atoms with E-state index in [1.165, 1.54) is 24.1 Å². The highest BCUT2D eigenvalue weighted by Crippen LogP contribution is 2.30. The van der Waals surface area contributed by atoms with Gasteiger partial charge in [0.25, 0.3) is 5.91 Å². The molecule has 0 spiro atoms. The first-order valence-corrected chi connectivity index (χ1v) is 7.31. The van der Waals surface area contributed by atoms with E-state index in [1.807, 2.05) is 0 Å². The van der Waals surface area contributed by atoms with E-state index in [0.29, 0.717) is 24.2 Å². The van der Waals surface area contributed by atoms with E-state index in [-0.39, 0.29) is 23.0 Å². The van der Waals surface area contributed by atoms with Crippen molar-refractivity contribution in [3.05, 3.63) is 29.7 Å². The van der Waals surface area contributed by atoms with Gasteiger partial charge in [0.15, 0.2) is 0 Å². The fourth-order valence-corrected chi connectivity index (χ4v) is 2.85. The number of H-pyrrole nitrogens is 1. The monoisotopic (exact) mass is 319 g/mol. The molecule has 1 saturated heterocycles. The van der Waals surface area contributed by atoms with Gasteiger partial charge < -0.3 is 19.9 Å². The number of carbonyl (C=O) groups excluding carboxylic acids is 2. The fraction of sp³-hybridized carbons (Fsp3) is 0.375. The molecule has 1 aromatic carbocycles. The van der Waals surface area contributed by atoms with Crippen LogP contribution in [-0.2, 0) is 4.79 Å². The maximum Gasteiger partial charge on any atom is 0.271 e. The van der Waals surface area contributed by atoms with Crippen LogP contribution in [0.4, 0.5) is 4.39 Å². The first-order valence-electron chi connectivity index (χ1n) is 7.31. The van der Waals surface area contributed by atoms with Crippen LogP contribution in [0.3, 0.4) is 0 Å². The van der Waals surface area contributed by atoms with Crippen LogP contribution in [-0.4, -0.2) is 47.4 Å². The molecule has 0 bridgehead atoms. The van der Waals surface area contributed by atoms with Crippen LogP contribution >= 0.6 is 0 Å². The second kappa shape index (κ2) is 5.26. The molecule has 0 saturated carbocycles. The number of rotatable bonds is 2. The normalized spacial score (nSPS) is 17.2. The van der Waals surface area contributed by atoms with Crippen molar-refractivity contribution in [3.63, 3.8) is 0 Å². The quantitative estimate of drug-likeness (QED) is 0.884. The van der Waals surface area contributed by atoms with Crippen LogP contribution in [0.15, 0.2) is 18.2 Å². The third kappa shape index (κ3) is 2.32. The highest BCUT2D eigenvalue weighted by atomic mass is 19.1. The van der Waals surface area contributed by atoms with E-state index in [0.717, 1.165) is 0 Å². The minimum absolute atomic E-state index is 0.211. The summed E-state index contributed by atoms with van der Waals surface area (Å²) in [6, 6.07) is 4.35. The number of benzene rings is 1. The number of nitrogens with zero attached hydrogens (tertiary/aromatic N) is 1. The van der Waals surface area contributed by atoms with Crippen molar-refractivity contribution < 1.29 is 18.7 Å². The van der Waals surface area contributed by atoms with E-state index >= 15 is 0 Å². The third-order valence-electron chi connectivity index (χ3n) is 4.25. The zero-order chi connectivity index (χ0) is 16.8. The van der Waals surface area contributed by atoms with Gasteiger partial charge in [0.05, 0.1) is 12.6 Å². The molecule has 2 N–H and O–H groups in total. The number of carbonyl (C=O) groups is 2. The van der Waals surface area contributed by atoms with Gasteiger partial charge in [-0.25, -0.2) is 4.39 Å². The minimum Gasteiger partial charge on any atom is -0.496 e. The molecule has 7 heteroatoms. The van der Waals surface area contributed by atoms with Gasteiger partial charge in [-0.05, 0) is 32.0 Å². The molecule has 0 unspecified atom stereocenters. The summed E-state index contributed by atoms with van der Waals surface area (Å²) in [5.74, 6) is -0.540. The number of methoxy groups -OCH3 is 1. The van der Waals surface area contributed by atoms with Crippen LogP contribution in [0.25, 0.3) is 10.9 Å². The summed E-state index contributed by atoms with van der Waals surface area (Å²) in [5, 5.41) is 3.23. The van der Waals surface area contributed by atoms with Crippen molar-refractivity contribution in [2.75, 3.05) is 20.2 Å². The van der Waals surface area contributed by atoms with Crippen molar-refractivity contribution in [1.82, 2.24) is 15.2 Å². The number of hydrogen-bond donors (Lipinski definition) is 2. The summed E-state index contributed by atoms with van der Waals surface area (Å²) < 4.78 is 19.2. The van der Waals surface area contributed by atoms with Gasteiger partial charge in [0.2, 0.25) is 5.91 Å². The van der Waals surface area contributed by atoms with Gasteiger partial charge in [-0.3, -0.25) is 9.59 Å². The van der Waals surface area contributed by atoms with Gasteiger partial charge in [0, 0.05) is 18.5 Å². The number of ether oxygens (including phenoxy) is 1. The number of piperazine rings is 1. The lowest BCUT2D eigenvalue weighted by Gasteiger charge is -2.40. The Labute approximate surface area is 132 Å². The number of fused-ring (bicyclic) bond motifs is 1. The van der Waals surface area contributed by atoms with Gasteiger partial charge in [-0.2, -0.15) is 0 Å². The Bertz CT molecular complexity index is 797. The molecule has 1 aliphatic rings. The molecule has 0 aliphatic carbocycles. The van der Waals surface area contributed by atoms with Crippen molar-refractivity contribution in [1.29, 1.82) is 0 Å². The molecule has 23 heavy (non-hydrogen) atoms. The first-order chi connectivity index (χ1) is 10.9. The second-order valence-electron chi connectivity index (χ2n) is 5.99. The fourth-order valence-electron chi connectivity index (χ4n) is 2.85. The Morgan fingerprint density at radius 2 is 2.13 bits per heavy atom. The first kappa shape index (κ1) is 15.3. The van der Waals surface area contributed by atoms with Crippen LogP contribution in [0.1, 0.15) is 24.3 Å². The maximum absolute atomic E-state index is 14.0. The van der Waals surface area contributed by atoms with Gasteiger partial charge in [0.1, 0.15) is 22.8 Å². The second-order valence-corrected chi connectivity index (χ2v) is 5.99. The van der Waals surface area contributed by atoms with Crippen LogP contribution in [0.2, 0.25) is 0 Å². The summed E-state index contributed by atoms with van der Waals surface area (Å²) in [5.41, 5.74) is -0.520. The van der Waals surface area contributed by atoms with Crippen molar-refractivity contribution in [2.24, 2.45) is 0 Å². The Kier molecular flexibility index (Phi) is 3.50. The lowest BCUT2D eigenvalue weighted by atomic mass is 9.98. The molecule has 2 amide bonds. The predicted molar refractivity (Wildman–Crippen MR) is 82.9 cm³/mol. The Balaban J connectivity index is 2.05. The van der Waals surface area contributed by atoms with Gasteiger partial charge in [-0.15, -0.1) is 0 Å². The number of hydrogen-bond acceptors (Lipinski definition) is 3. The number of aromatic amines is 1. The minimum atomic E-state index is -0.963. The molecule has 1 aromatic heterocycles. The molecule has 3 rings (SSSR count). The highest BCUT2D eigenvalue weighted by molar-refractivity contribution is 6.02. The summed E-state index contributed by atoms with van der Waals surface area (Å²) >= 11 is 0. The van der Waals surface area contributed by atoms with Gasteiger partial charge >= 0.3 is 0 Å². The SMILES string of the molecule is COc1ccc(F)c2[nH]c(C(=O)N3CCNC(=O)C3(C)C)cc12. The standard InChI is InChI=1S/C16H18FN3O3/c1-16(2)15(22)18-6-7-20(16)14(21)11-8-9-12(23-3)5-4-10(17)13(9)19-11/h4-5,8,19H,6-7H2,1-3H3,(H,18,22). The van der Waals surface area contributed by atoms with Crippen LogP contribution in [0, 0.1) is 5.82 Å². The smallest absolute Gasteiger partial charge is 0.271 e. The van der Waals surface area contributed by atoms with E-state index in [4.69, 9.17) is 4.74 Å². The number of amides is 2. The number of halogens is 1. The number of aromatic nitrogens is 1. The average molecular weight is 319 g/mol. The molecule has 2 aromatic rings. The average Bonchev–Trinajstić information content (AvgIpc) is 2.96. The molecule has 6 nitrogen and oxygen atoms in total. The molecule has 2 heterocycles. The largest absolute Gasteiger partial charge is 0.496 e. The number of nitrogens with one attached hydrogen (secondary N) is 2. The molecular formula is C16H18FN3O3. The van der Waals surface area contributed by atoms with E-state index in [1.54, 1.807) is 19.9 Å². The molecular weight excluding hydrogens is 301 g/mol. The van der Waals surface area contributed by atoms with Crippen LogP contribution in [0.5, 0.6) is 5.75 Å². The van der Waals surface area contributed by atoms with E-state index in [2.05, 4.69) is 10.3 Å². The zero-order valence-electron chi connectivity index (χ0n) is 13.2. The Morgan fingerprint density at radius 1 is 1.39 bits per heavy atom. The Hall–Kier alpha value is -2.57. The summed E-state index contributed by atoms with van der Waals surface area (Å²) in [6.45, 7) is 4.16. The summed E-state index contributed by atoms with van der Waals surface area (Å²) in [4.78, 5) is 29.1. The zero-order valence-corrected chi connectivity index (χ0v) is 13.2. The van der Waals surface area contributed by atoms with Gasteiger partial charge in [-0.1, -0.05) is 0 Å². The summed E-state index contributed by atoms with van der Waals surface area (Å²) in [7, 11) is 1.49. The highest BCUT2D eigenvalue weighted by Gasteiger charge is 2.41. The predicted octanol–water partition coefficient (Wildman–Crippen LogP) is 1.67. The van der Waals surface area contributed by atoms with Crippen molar-refractivity contribution in [3.8, 4) is 5.75 Å². The Morgan fingerprint density at radius 3 is 2.83 bits per heavy atom.